The quantitative estimate of drug-likeness (QED) is 0.638. The Balaban J connectivity index is 2.59. The highest BCUT2D eigenvalue weighted by molar-refractivity contribution is 7.89. The van der Waals surface area contributed by atoms with Crippen LogP contribution in [0.5, 0.6) is 0 Å². The third kappa shape index (κ3) is 4.39. The molecule has 1 aromatic carbocycles. The standard InChI is InChI=1S/C12H14ClNO2S/c1-2-3-4-7-10-14-17(15,16)12-9-6-5-8-11(12)13/h1,5-6,8-9,14H,3-4,7,10H2. The van der Waals surface area contributed by atoms with Crippen LogP contribution in [0.1, 0.15) is 19.3 Å². The van der Waals surface area contributed by atoms with Gasteiger partial charge in [-0.15, -0.1) is 12.3 Å². The Hall–Kier alpha value is -1.02. The van der Waals surface area contributed by atoms with Crippen LogP contribution in [-0.2, 0) is 10.0 Å². The molecule has 0 heterocycles. The van der Waals surface area contributed by atoms with Crippen molar-refractivity contribution < 1.29 is 8.42 Å². The highest BCUT2D eigenvalue weighted by Crippen LogP contribution is 2.19. The lowest BCUT2D eigenvalue weighted by Crippen LogP contribution is -2.25. The molecule has 0 aromatic heterocycles. The molecular formula is C12H14ClNO2S. The molecule has 0 unspecified atom stereocenters. The number of nitrogens with one attached hydrogen (secondary N) is 1. The SMILES string of the molecule is C#CCCCCNS(=O)(=O)c1ccccc1Cl. The van der Waals surface area contributed by atoms with Gasteiger partial charge in [-0.1, -0.05) is 23.7 Å². The van der Waals surface area contributed by atoms with Crippen LogP contribution in [0, 0.1) is 12.3 Å². The minimum absolute atomic E-state index is 0.110. The summed E-state index contributed by atoms with van der Waals surface area (Å²) < 4.78 is 26.2. The molecule has 0 atom stereocenters. The molecule has 1 N–H and O–H groups in total. The Morgan fingerprint density at radius 3 is 2.65 bits per heavy atom. The van der Waals surface area contributed by atoms with E-state index in [0.29, 0.717) is 19.4 Å². The number of hydrogen-bond donors (Lipinski definition) is 1. The summed E-state index contributed by atoms with van der Waals surface area (Å²) in [4.78, 5) is 0.110. The maximum absolute atomic E-state index is 11.8. The van der Waals surface area contributed by atoms with Crippen molar-refractivity contribution >= 4 is 21.6 Å². The van der Waals surface area contributed by atoms with Gasteiger partial charge in [-0.25, -0.2) is 13.1 Å². The van der Waals surface area contributed by atoms with Crippen molar-refractivity contribution in [2.75, 3.05) is 6.54 Å². The fourth-order valence-electron chi connectivity index (χ4n) is 1.30. The van der Waals surface area contributed by atoms with Crippen molar-refractivity contribution in [1.29, 1.82) is 0 Å². The molecule has 0 fully saturated rings. The Kier molecular flexibility index (Phi) is 5.49. The number of terminal acetylenes is 1. The summed E-state index contributed by atoms with van der Waals surface area (Å²) >= 11 is 5.83. The maximum atomic E-state index is 11.8. The fourth-order valence-corrected chi connectivity index (χ4v) is 2.89. The van der Waals surface area contributed by atoms with Gasteiger partial charge in [0.1, 0.15) is 4.90 Å². The maximum Gasteiger partial charge on any atom is 0.242 e. The summed E-state index contributed by atoms with van der Waals surface area (Å²) in [5.74, 6) is 2.51. The van der Waals surface area contributed by atoms with Crippen LogP contribution in [0.25, 0.3) is 0 Å². The highest BCUT2D eigenvalue weighted by atomic mass is 35.5. The van der Waals surface area contributed by atoms with Crippen molar-refractivity contribution in [2.45, 2.75) is 24.2 Å². The molecule has 17 heavy (non-hydrogen) atoms. The lowest BCUT2D eigenvalue weighted by Gasteiger charge is -2.07. The topological polar surface area (TPSA) is 46.2 Å². The van der Waals surface area contributed by atoms with Gasteiger partial charge in [0.2, 0.25) is 10.0 Å². The molecule has 0 amide bonds. The van der Waals surface area contributed by atoms with Gasteiger partial charge in [-0.2, -0.15) is 0 Å². The van der Waals surface area contributed by atoms with Crippen molar-refractivity contribution in [2.24, 2.45) is 0 Å². The monoisotopic (exact) mass is 271 g/mol. The van der Waals surface area contributed by atoms with Gasteiger partial charge in [0.25, 0.3) is 0 Å². The van der Waals surface area contributed by atoms with Gasteiger partial charge in [0, 0.05) is 13.0 Å². The zero-order valence-electron chi connectivity index (χ0n) is 9.32. The summed E-state index contributed by atoms with van der Waals surface area (Å²) in [6.45, 7) is 0.370. The van der Waals surface area contributed by atoms with Crippen molar-refractivity contribution in [3.8, 4) is 12.3 Å². The normalized spacial score (nSPS) is 11.1. The van der Waals surface area contributed by atoms with E-state index in [-0.39, 0.29) is 9.92 Å². The van der Waals surface area contributed by atoms with E-state index in [4.69, 9.17) is 18.0 Å². The van der Waals surface area contributed by atoms with Crippen LogP contribution in [0.2, 0.25) is 5.02 Å². The average molecular weight is 272 g/mol. The molecule has 0 aliphatic rings. The number of benzene rings is 1. The second kappa shape index (κ2) is 6.65. The fraction of sp³-hybridized carbons (Fsp3) is 0.333. The summed E-state index contributed by atoms with van der Waals surface area (Å²) in [5.41, 5.74) is 0. The number of hydrogen-bond acceptors (Lipinski definition) is 2. The largest absolute Gasteiger partial charge is 0.242 e. The van der Waals surface area contributed by atoms with Gasteiger partial charge in [-0.3, -0.25) is 0 Å². The van der Waals surface area contributed by atoms with E-state index in [2.05, 4.69) is 10.6 Å². The highest BCUT2D eigenvalue weighted by Gasteiger charge is 2.15. The van der Waals surface area contributed by atoms with Gasteiger partial charge in [0.15, 0.2) is 0 Å². The molecule has 1 rings (SSSR count). The molecule has 0 spiro atoms. The minimum Gasteiger partial charge on any atom is -0.211 e. The zero-order chi connectivity index (χ0) is 12.7. The third-order valence-electron chi connectivity index (χ3n) is 2.17. The van der Waals surface area contributed by atoms with Crippen molar-refractivity contribution in [3.63, 3.8) is 0 Å². The van der Waals surface area contributed by atoms with Crippen LogP contribution < -0.4 is 4.72 Å². The van der Waals surface area contributed by atoms with E-state index < -0.39 is 10.0 Å². The van der Waals surface area contributed by atoms with Crippen molar-refractivity contribution in [1.82, 2.24) is 4.72 Å². The Morgan fingerprint density at radius 2 is 2.00 bits per heavy atom. The first-order valence-corrected chi connectivity index (χ1v) is 7.11. The van der Waals surface area contributed by atoms with E-state index in [0.717, 1.165) is 6.42 Å². The molecule has 5 heteroatoms. The van der Waals surface area contributed by atoms with E-state index in [1.165, 1.54) is 6.07 Å². The van der Waals surface area contributed by atoms with Crippen LogP contribution in [0.15, 0.2) is 29.2 Å². The number of sulfonamides is 1. The summed E-state index contributed by atoms with van der Waals surface area (Å²) in [6, 6.07) is 6.35. The van der Waals surface area contributed by atoms with Crippen LogP contribution in [0.3, 0.4) is 0 Å². The molecule has 1 aromatic rings. The minimum atomic E-state index is -3.51. The van der Waals surface area contributed by atoms with E-state index in [1.807, 2.05) is 0 Å². The van der Waals surface area contributed by atoms with Crippen LogP contribution >= 0.6 is 11.6 Å². The predicted octanol–water partition coefficient (Wildman–Crippen LogP) is 2.42. The lowest BCUT2D eigenvalue weighted by molar-refractivity contribution is 0.577. The lowest BCUT2D eigenvalue weighted by atomic mass is 10.2. The third-order valence-corrected chi connectivity index (χ3v) is 4.13. The number of halogens is 1. The summed E-state index contributed by atoms with van der Waals surface area (Å²) in [5, 5.41) is 0.226. The zero-order valence-corrected chi connectivity index (χ0v) is 10.9. The molecule has 92 valence electrons. The van der Waals surface area contributed by atoms with Gasteiger partial charge < -0.3 is 0 Å². The second-order valence-corrected chi connectivity index (χ2v) is 5.63. The summed E-state index contributed by atoms with van der Waals surface area (Å²) in [7, 11) is -3.51. The number of rotatable bonds is 6. The van der Waals surface area contributed by atoms with Gasteiger partial charge in [-0.05, 0) is 25.0 Å². The van der Waals surface area contributed by atoms with Gasteiger partial charge >= 0.3 is 0 Å². The summed E-state index contributed by atoms with van der Waals surface area (Å²) in [6.07, 6.45) is 7.29. The smallest absolute Gasteiger partial charge is 0.211 e. The van der Waals surface area contributed by atoms with E-state index >= 15 is 0 Å². The number of unbranched alkanes of at least 4 members (excludes halogenated alkanes) is 2. The average Bonchev–Trinajstić information content (AvgIpc) is 2.29. The molecular weight excluding hydrogens is 258 g/mol. The Labute approximate surface area is 107 Å². The van der Waals surface area contributed by atoms with Gasteiger partial charge in [0.05, 0.1) is 5.02 Å². The van der Waals surface area contributed by atoms with E-state index in [9.17, 15) is 8.42 Å². The first-order chi connectivity index (χ1) is 8.08. The first-order valence-electron chi connectivity index (χ1n) is 5.25. The molecule has 0 radical (unpaired) electrons. The Morgan fingerprint density at radius 1 is 1.29 bits per heavy atom. The molecule has 0 aliphatic carbocycles. The molecule has 3 nitrogen and oxygen atoms in total. The molecule has 0 bridgehead atoms. The second-order valence-electron chi connectivity index (χ2n) is 3.49. The van der Waals surface area contributed by atoms with Crippen molar-refractivity contribution in [3.05, 3.63) is 29.3 Å². The Bertz CT molecular complexity index is 505. The van der Waals surface area contributed by atoms with Crippen LogP contribution in [0.4, 0.5) is 0 Å². The molecule has 0 saturated heterocycles. The van der Waals surface area contributed by atoms with E-state index in [1.54, 1.807) is 18.2 Å². The van der Waals surface area contributed by atoms with Crippen LogP contribution in [-0.4, -0.2) is 15.0 Å². The first kappa shape index (κ1) is 14.0. The predicted molar refractivity (Wildman–Crippen MR) is 69.3 cm³/mol. The molecule has 0 aliphatic heterocycles. The molecule has 0 saturated carbocycles.